The number of anilines is 3. The SMILES string of the molecule is CC1CN(c2ccc(-c3c(F)cc(N4CCN(C)C(C)C4)c(NC(=O)c4c[nH]c(=O)cc4C(F)F)c3F)cn2)CC(C)O1. The van der Waals surface area contributed by atoms with Crippen LogP contribution in [-0.4, -0.2) is 78.8 Å². The number of nitrogens with one attached hydrogen (secondary N) is 2. The highest BCUT2D eigenvalue weighted by atomic mass is 19.3. The Morgan fingerprint density at radius 1 is 1.07 bits per heavy atom. The molecule has 2 N–H and O–H groups in total. The Bertz CT molecular complexity index is 1540. The molecular formula is C30H34F4N6O3. The number of piperazine rings is 1. The molecule has 2 aromatic heterocycles. The summed E-state index contributed by atoms with van der Waals surface area (Å²) in [7, 11) is 1.94. The second-order valence-corrected chi connectivity index (χ2v) is 11.2. The summed E-state index contributed by atoms with van der Waals surface area (Å²) in [5, 5.41) is 2.41. The fourth-order valence-electron chi connectivity index (χ4n) is 5.64. The maximum Gasteiger partial charge on any atom is 0.264 e. The number of carbonyl (C=O) groups is 1. The number of halogens is 4. The molecule has 3 aromatic rings. The molecule has 43 heavy (non-hydrogen) atoms. The van der Waals surface area contributed by atoms with Crippen molar-refractivity contribution in [1.82, 2.24) is 14.9 Å². The number of carbonyl (C=O) groups excluding carboxylic acids is 1. The Labute approximate surface area is 246 Å². The molecule has 0 radical (unpaired) electrons. The lowest BCUT2D eigenvalue weighted by Crippen LogP contribution is -2.50. The molecule has 2 saturated heterocycles. The van der Waals surface area contributed by atoms with Crippen molar-refractivity contribution in [2.75, 3.05) is 54.9 Å². The van der Waals surface area contributed by atoms with Gasteiger partial charge in [0.05, 0.1) is 29.0 Å². The average Bonchev–Trinajstić information content (AvgIpc) is 2.95. The Morgan fingerprint density at radius 2 is 1.79 bits per heavy atom. The first-order chi connectivity index (χ1) is 20.4. The Morgan fingerprint density at radius 3 is 2.42 bits per heavy atom. The van der Waals surface area contributed by atoms with Gasteiger partial charge in [0, 0.05) is 74.4 Å². The van der Waals surface area contributed by atoms with Crippen molar-refractivity contribution in [1.29, 1.82) is 0 Å². The number of pyridine rings is 2. The monoisotopic (exact) mass is 602 g/mol. The van der Waals surface area contributed by atoms with Gasteiger partial charge in [0.2, 0.25) is 5.56 Å². The summed E-state index contributed by atoms with van der Waals surface area (Å²) in [6.07, 6.45) is -0.929. The molecule has 230 valence electrons. The van der Waals surface area contributed by atoms with Gasteiger partial charge in [-0.05, 0) is 40.0 Å². The zero-order chi connectivity index (χ0) is 31.0. The van der Waals surface area contributed by atoms with Crippen LogP contribution in [0.25, 0.3) is 11.1 Å². The van der Waals surface area contributed by atoms with Crippen LogP contribution in [0.2, 0.25) is 0 Å². The van der Waals surface area contributed by atoms with Crippen molar-refractivity contribution in [2.24, 2.45) is 0 Å². The third kappa shape index (κ3) is 6.37. The molecule has 0 bridgehead atoms. The van der Waals surface area contributed by atoms with Crippen LogP contribution < -0.4 is 20.7 Å². The number of ether oxygens (including phenoxy) is 1. The number of aromatic amines is 1. The van der Waals surface area contributed by atoms with Crippen molar-refractivity contribution in [2.45, 2.75) is 45.4 Å². The molecule has 2 aliphatic heterocycles. The highest BCUT2D eigenvalue weighted by Crippen LogP contribution is 2.39. The maximum absolute atomic E-state index is 16.4. The lowest BCUT2D eigenvalue weighted by Gasteiger charge is -2.39. The van der Waals surface area contributed by atoms with Crippen molar-refractivity contribution in [3.63, 3.8) is 0 Å². The summed E-state index contributed by atoms with van der Waals surface area (Å²) in [6, 6.07) is 5.02. The van der Waals surface area contributed by atoms with Crippen LogP contribution in [0.5, 0.6) is 0 Å². The fraction of sp³-hybridized carbons (Fsp3) is 0.433. The number of likely N-dealkylation sites (N-methyl/N-ethyl adjacent to an activating group) is 1. The number of alkyl halides is 2. The molecule has 0 aliphatic carbocycles. The van der Waals surface area contributed by atoms with E-state index >= 15 is 8.78 Å². The normalized spacial score (nSPS) is 21.4. The molecule has 1 amide bonds. The Balaban J connectivity index is 1.55. The number of morpholine rings is 1. The smallest absolute Gasteiger partial charge is 0.264 e. The zero-order valence-corrected chi connectivity index (χ0v) is 24.3. The van der Waals surface area contributed by atoms with Gasteiger partial charge in [-0.2, -0.15) is 0 Å². The lowest BCUT2D eigenvalue weighted by atomic mass is 10.0. The summed E-state index contributed by atoms with van der Waals surface area (Å²) in [5.74, 6) is -2.38. The minimum Gasteiger partial charge on any atom is -0.372 e. The molecule has 5 rings (SSSR count). The highest BCUT2D eigenvalue weighted by Gasteiger charge is 2.30. The van der Waals surface area contributed by atoms with Gasteiger partial charge in [-0.3, -0.25) is 9.59 Å². The van der Waals surface area contributed by atoms with E-state index < -0.39 is 46.2 Å². The van der Waals surface area contributed by atoms with Crippen LogP contribution in [0.15, 0.2) is 41.5 Å². The van der Waals surface area contributed by atoms with E-state index in [0.717, 1.165) is 12.3 Å². The van der Waals surface area contributed by atoms with Crippen molar-refractivity contribution < 1.29 is 27.1 Å². The number of nitrogens with zero attached hydrogens (tertiary/aromatic N) is 4. The zero-order valence-electron chi connectivity index (χ0n) is 24.3. The Hall–Kier alpha value is -3.97. The van der Waals surface area contributed by atoms with E-state index in [1.807, 2.05) is 32.7 Å². The van der Waals surface area contributed by atoms with Gasteiger partial charge in [-0.25, -0.2) is 22.5 Å². The van der Waals surface area contributed by atoms with E-state index in [9.17, 15) is 18.4 Å². The molecule has 9 nitrogen and oxygen atoms in total. The van der Waals surface area contributed by atoms with Gasteiger partial charge in [-0.1, -0.05) is 0 Å². The summed E-state index contributed by atoms with van der Waals surface area (Å²) >= 11 is 0. The predicted octanol–water partition coefficient (Wildman–Crippen LogP) is 4.66. The number of benzene rings is 1. The van der Waals surface area contributed by atoms with Crippen LogP contribution in [0.3, 0.4) is 0 Å². The molecule has 2 fully saturated rings. The van der Waals surface area contributed by atoms with Gasteiger partial charge >= 0.3 is 0 Å². The third-order valence-corrected chi connectivity index (χ3v) is 7.95. The standard InChI is InChI=1S/C30H34F4N6O3/c1-16-13-39(8-7-38(16)4)23-10-22(31)26(19-5-6-24(35-11-19)40-14-17(2)43-18(3)15-40)27(32)28(23)37-30(42)21-12-36-25(41)9-20(21)29(33)34/h5-6,9-12,16-18,29H,7-8,13-15H2,1-4H3,(H,36,41)(H,37,42). The maximum atomic E-state index is 16.4. The molecule has 0 spiro atoms. The van der Waals surface area contributed by atoms with Gasteiger partial charge in [0.15, 0.2) is 5.82 Å². The van der Waals surface area contributed by atoms with Crippen LogP contribution >= 0.6 is 0 Å². The summed E-state index contributed by atoms with van der Waals surface area (Å²) in [5.41, 5.74) is -2.70. The van der Waals surface area contributed by atoms with Crippen molar-refractivity contribution >= 4 is 23.1 Å². The number of hydrogen-bond acceptors (Lipinski definition) is 7. The van der Waals surface area contributed by atoms with Gasteiger partial charge < -0.3 is 29.7 Å². The van der Waals surface area contributed by atoms with E-state index in [2.05, 4.69) is 20.2 Å². The first-order valence-electron chi connectivity index (χ1n) is 14.1. The van der Waals surface area contributed by atoms with Crippen LogP contribution in [0.4, 0.5) is 34.8 Å². The van der Waals surface area contributed by atoms with Gasteiger partial charge in [-0.15, -0.1) is 0 Å². The topological polar surface area (TPSA) is 93.8 Å². The number of amides is 1. The second-order valence-electron chi connectivity index (χ2n) is 11.2. The molecule has 3 atom stereocenters. The van der Waals surface area contributed by atoms with Gasteiger partial charge in [0.25, 0.3) is 12.3 Å². The Kier molecular flexibility index (Phi) is 8.74. The molecule has 0 saturated carbocycles. The van der Waals surface area contributed by atoms with Crippen LogP contribution in [-0.2, 0) is 4.74 Å². The number of H-pyrrole nitrogens is 1. The number of hydrogen-bond donors (Lipinski definition) is 2. The first kappa shape index (κ1) is 30.5. The first-order valence-corrected chi connectivity index (χ1v) is 14.1. The minimum absolute atomic E-state index is 0.0100. The molecule has 2 aliphatic rings. The quantitative estimate of drug-likeness (QED) is 0.397. The van der Waals surface area contributed by atoms with Crippen LogP contribution in [0.1, 0.15) is 43.1 Å². The summed E-state index contributed by atoms with van der Waals surface area (Å²) in [6.45, 7) is 8.51. The summed E-state index contributed by atoms with van der Waals surface area (Å²) < 4.78 is 65.3. The third-order valence-electron chi connectivity index (χ3n) is 7.95. The largest absolute Gasteiger partial charge is 0.372 e. The van der Waals surface area contributed by atoms with E-state index in [1.54, 1.807) is 17.0 Å². The molecular weight excluding hydrogens is 568 g/mol. The molecule has 4 heterocycles. The molecule has 3 unspecified atom stereocenters. The summed E-state index contributed by atoms with van der Waals surface area (Å²) in [4.78, 5) is 37.5. The van der Waals surface area contributed by atoms with Crippen molar-refractivity contribution in [3.05, 3.63) is 69.8 Å². The van der Waals surface area contributed by atoms with Crippen LogP contribution in [0, 0.1) is 11.6 Å². The van der Waals surface area contributed by atoms with Gasteiger partial charge in [0.1, 0.15) is 17.3 Å². The number of rotatable bonds is 6. The average molecular weight is 603 g/mol. The predicted molar refractivity (Wildman–Crippen MR) is 156 cm³/mol. The van der Waals surface area contributed by atoms with Crippen molar-refractivity contribution in [3.8, 4) is 11.1 Å². The lowest BCUT2D eigenvalue weighted by molar-refractivity contribution is -0.00546. The second kappa shape index (κ2) is 12.3. The van der Waals surface area contributed by atoms with E-state index in [0.29, 0.717) is 44.6 Å². The molecule has 13 heteroatoms. The minimum atomic E-state index is -3.13. The highest BCUT2D eigenvalue weighted by molar-refractivity contribution is 6.07. The van der Waals surface area contributed by atoms with E-state index in [1.165, 1.54) is 6.20 Å². The fourth-order valence-corrected chi connectivity index (χ4v) is 5.64. The molecule has 1 aromatic carbocycles. The van der Waals surface area contributed by atoms with E-state index in [4.69, 9.17) is 4.74 Å². The van der Waals surface area contributed by atoms with E-state index in [-0.39, 0.29) is 35.2 Å². The number of aromatic nitrogens is 2.